The van der Waals surface area contributed by atoms with Crippen molar-refractivity contribution in [2.75, 3.05) is 32.0 Å². The largest absolute Gasteiger partial charge is 0.444 e. The zero-order chi connectivity index (χ0) is 24.9. The molecule has 0 aliphatic carbocycles. The SMILES string of the molecule is Cn1c(-c2nc(N)ncc2Cl)cnc1C1CCN(C(=O)OC(C)(C)C)CC1.OC1CCCOC1. The standard InChI is InChI=1S/C18H25ClN6O2.C5H10O2/c1-18(2,3)27-17(26)25-7-5-11(6-8-25)15-21-10-13(24(15)4)14-12(19)9-22-16(20)23-14;6-5-2-1-3-7-4-5/h9-11H,5-8H2,1-4H3,(H2,20,22,23);5-6H,1-4H2. The van der Waals surface area contributed by atoms with Gasteiger partial charge in [0, 0.05) is 32.7 Å². The molecule has 2 aromatic rings. The summed E-state index contributed by atoms with van der Waals surface area (Å²) >= 11 is 6.22. The molecule has 34 heavy (non-hydrogen) atoms. The molecule has 2 aliphatic heterocycles. The summed E-state index contributed by atoms with van der Waals surface area (Å²) in [5, 5.41) is 9.21. The first kappa shape index (κ1) is 26.2. The molecule has 188 valence electrons. The molecule has 3 N–H and O–H groups in total. The van der Waals surface area contributed by atoms with E-state index in [2.05, 4.69) is 15.0 Å². The van der Waals surface area contributed by atoms with Gasteiger partial charge in [-0.3, -0.25) is 0 Å². The summed E-state index contributed by atoms with van der Waals surface area (Å²) in [4.78, 5) is 26.7. The number of hydrogen-bond donors (Lipinski definition) is 2. The average molecular weight is 495 g/mol. The summed E-state index contributed by atoms with van der Waals surface area (Å²) in [5.74, 6) is 1.37. The van der Waals surface area contributed by atoms with E-state index in [0.29, 0.717) is 30.4 Å². The quantitative estimate of drug-likeness (QED) is 0.650. The summed E-state index contributed by atoms with van der Waals surface area (Å²) in [7, 11) is 1.94. The highest BCUT2D eigenvalue weighted by molar-refractivity contribution is 6.32. The Labute approximate surface area is 205 Å². The lowest BCUT2D eigenvalue weighted by atomic mass is 9.96. The number of amides is 1. The van der Waals surface area contributed by atoms with Gasteiger partial charge in [0.2, 0.25) is 5.95 Å². The van der Waals surface area contributed by atoms with Crippen molar-refractivity contribution in [3.05, 3.63) is 23.2 Å². The predicted octanol–water partition coefficient (Wildman–Crippen LogP) is 3.38. The van der Waals surface area contributed by atoms with E-state index in [1.165, 1.54) is 6.20 Å². The molecule has 2 aliphatic rings. The molecule has 2 aromatic heterocycles. The van der Waals surface area contributed by atoms with Crippen LogP contribution in [0.4, 0.5) is 10.7 Å². The van der Waals surface area contributed by atoms with Gasteiger partial charge in [0.05, 0.1) is 35.8 Å². The number of carbonyl (C=O) groups excluding carboxylic acids is 1. The van der Waals surface area contributed by atoms with Gasteiger partial charge in [0.15, 0.2) is 0 Å². The molecule has 11 heteroatoms. The second-order valence-corrected chi connectivity index (χ2v) is 10.0. The Morgan fingerprint density at radius 1 is 1.24 bits per heavy atom. The Kier molecular flexibility index (Phi) is 8.72. The molecule has 1 atom stereocenters. The third-order valence-electron chi connectivity index (χ3n) is 5.68. The van der Waals surface area contributed by atoms with Crippen LogP contribution in [0.2, 0.25) is 5.02 Å². The first-order valence-corrected chi connectivity index (χ1v) is 12.0. The molecule has 4 heterocycles. The van der Waals surface area contributed by atoms with E-state index < -0.39 is 5.60 Å². The molecule has 4 rings (SSSR count). The van der Waals surface area contributed by atoms with Crippen LogP contribution in [0.15, 0.2) is 12.4 Å². The van der Waals surface area contributed by atoms with Crippen LogP contribution in [-0.4, -0.2) is 73.6 Å². The van der Waals surface area contributed by atoms with Crippen LogP contribution in [0.1, 0.15) is 58.2 Å². The smallest absolute Gasteiger partial charge is 0.410 e. The van der Waals surface area contributed by atoms with Crippen LogP contribution >= 0.6 is 11.6 Å². The number of carbonyl (C=O) groups is 1. The lowest BCUT2D eigenvalue weighted by Gasteiger charge is -2.33. The third kappa shape index (κ3) is 7.04. The molecular weight excluding hydrogens is 460 g/mol. The molecule has 0 aromatic carbocycles. The molecule has 2 saturated heterocycles. The molecular formula is C23H35ClN6O4. The normalized spacial score (nSPS) is 19.4. The predicted molar refractivity (Wildman–Crippen MR) is 129 cm³/mol. The Morgan fingerprint density at radius 2 is 1.94 bits per heavy atom. The highest BCUT2D eigenvalue weighted by Crippen LogP contribution is 2.32. The molecule has 2 fully saturated rings. The van der Waals surface area contributed by atoms with Crippen molar-refractivity contribution in [3.8, 4) is 11.4 Å². The number of hydrogen-bond acceptors (Lipinski definition) is 8. The van der Waals surface area contributed by atoms with Gasteiger partial charge < -0.3 is 29.8 Å². The second-order valence-electron chi connectivity index (χ2n) is 9.60. The Bertz CT molecular complexity index is 963. The van der Waals surface area contributed by atoms with Crippen molar-refractivity contribution < 1.29 is 19.4 Å². The number of rotatable bonds is 2. The average Bonchev–Trinajstić information content (AvgIpc) is 3.16. The fourth-order valence-corrected chi connectivity index (χ4v) is 4.14. The van der Waals surface area contributed by atoms with E-state index in [-0.39, 0.29) is 24.1 Å². The van der Waals surface area contributed by atoms with Crippen molar-refractivity contribution in [3.63, 3.8) is 0 Å². The summed E-state index contributed by atoms with van der Waals surface area (Å²) < 4.78 is 12.4. The molecule has 1 amide bonds. The van der Waals surface area contributed by atoms with Crippen LogP contribution in [-0.2, 0) is 16.5 Å². The molecule has 0 radical (unpaired) electrons. The molecule has 10 nitrogen and oxygen atoms in total. The number of halogens is 1. The van der Waals surface area contributed by atoms with Crippen LogP contribution in [0.5, 0.6) is 0 Å². The van der Waals surface area contributed by atoms with E-state index in [0.717, 1.165) is 43.8 Å². The fourth-order valence-electron chi connectivity index (χ4n) is 3.95. The zero-order valence-electron chi connectivity index (χ0n) is 20.3. The van der Waals surface area contributed by atoms with Crippen molar-refractivity contribution in [1.82, 2.24) is 24.4 Å². The Morgan fingerprint density at radius 3 is 2.50 bits per heavy atom. The summed E-state index contributed by atoms with van der Waals surface area (Å²) in [6.45, 7) is 8.28. The number of nitrogen functional groups attached to an aromatic ring is 1. The van der Waals surface area contributed by atoms with Gasteiger partial charge in [0.25, 0.3) is 0 Å². The van der Waals surface area contributed by atoms with Crippen molar-refractivity contribution >= 4 is 23.6 Å². The maximum Gasteiger partial charge on any atom is 0.410 e. The highest BCUT2D eigenvalue weighted by atomic mass is 35.5. The van der Waals surface area contributed by atoms with Gasteiger partial charge in [-0.2, -0.15) is 0 Å². The minimum atomic E-state index is -0.485. The van der Waals surface area contributed by atoms with E-state index in [4.69, 9.17) is 31.9 Å². The summed E-state index contributed by atoms with van der Waals surface area (Å²) in [6.07, 6.45) is 6.38. The van der Waals surface area contributed by atoms with E-state index >= 15 is 0 Å². The summed E-state index contributed by atoms with van der Waals surface area (Å²) in [5.41, 5.74) is 6.56. The fraction of sp³-hybridized carbons (Fsp3) is 0.652. The van der Waals surface area contributed by atoms with E-state index in [1.807, 2.05) is 32.4 Å². The molecule has 0 spiro atoms. The Hall–Kier alpha value is -2.43. The zero-order valence-corrected chi connectivity index (χ0v) is 21.1. The minimum Gasteiger partial charge on any atom is -0.444 e. The summed E-state index contributed by atoms with van der Waals surface area (Å²) in [6, 6.07) is 0. The van der Waals surface area contributed by atoms with Crippen molar-refractivity contribution in [2.45, 2.75) is 64.1 Å². The highest BCUT2D eigenvalue weighted by Gasteiger charge is 2.29. The van der Waals surface area contributed by atoms with Gasteiger partial charge in [0.1, 0.15) is 17.1 Å². The number of likely N-dealkylation sites (tertiary alicyclic amines) is 1. The number of imidazole rings is 1. The number of aromatic nitrogens is 4. The number of nitrogens with zero attached hydrogens (tertiary/aromatic N) is 5. The molecule has 0 saturated carbocycles. The van der Waals surface area contributed by atoms with Crippen LogP contribution < -0.4 is 5.73 Å². The van der Waals surface area contributed by atoms with Gasteiger partial charge >= 0.3 is 6.09 Å². The maximum atomic E-state index is 12.2. The van der Waals surface area contributed by atoms with Crippen molar-refractivity contribution in [2.24, 2.45) is 7.05 Å². The van der Waals surface area contributed by atoms with E-state index in [1.54, 1.807) is 11.1 Å². The second kappa shape index (κ2) is 11.3. The number of nitrogens with two attached hydrogens (primary N) is 1. The van der Waals surface area contributed by atoms with Crippen LogP contribution in [0, 0.1) is 0 Å². The molecule has 0 bridgehead atoms. The maximum absolute atomic E-state index is 12.2. The lowest BCUT2D eigenvalue weighted by molar-refractivity contribution is -0.00535. The number of aliphatic hydroxyl groups is 1. The Balaban J connectivity index is 0.000000396. The third-order valence-corrected chi connectivity index (χ3v) is 5.95. The van der Waals surface area contributed by atoms with Gasteiger partial charge in [-0.05, 0) is 46.5 Å². The topological polar surface area (TPSA) is 129 Å². The van der Waals surface area contributed by atoms with Crippen LogP contribution in [0.3, 0.4) is 0 Å². The molecule has 1 unspecified atom stereocenters. The van der Waals surface area contributed by atoms with Gasteiger partial charge in [-0.1, -0.05) is 11.6 Å². The minimum absolute atomic E-state index is 0.169. The first-order valence-electron chi connectivity index (χ1n) is 11.6. The number of aliphatic hydroxyl groups excluding tert-OH is 1. The number of piperidine rings is 1. The van der Waals surface area contributed by atoms with Gasteiger partial charge in [-0.25, -0.2) is 19.7 Å². The van der Waals surface area contributed by atoms with E-state index in [9.17, 15) is 4.79 Å². The lowest BCUT2D eigenvalue weighted by Crippen LogP contribution is -2.41. The monoisotopic (exact) mass is 494 g/mol. The van der Waals surface area contributed by atoms with Crippen LogP contribution in [0.25, 0.3) is 11.4 Å². The van der Waals surface area contributed by atoms with Crippen molar-refractivity contribution in [1.29, 1.82) is 0 Å². The van der Waals surface area contributed by atoms with Gasteiger partial charge in [-0.15, -0.1) is 0 Å². The number of ether oxygens (including phenoxy) is 2. The first-order chi connectivity index (χ1) is 16.0. The number of anilines is 1.